The highest BCUT2D eigenvalue weighted by atomic mass is 127. The number of hydrogen-bond acceptors (Lipinski definition) is 3. The van der Waals surface area contributed by atoms with Crippen LogP contribution in [-0.4, -0.2) is 26.2 Å². The predicted molar refractivity (Wildman–Crippen MR) is 102 cm³/mol. The molecule has 0 aliphatic rings. The number of benzene rings is 1. The molecule has 0 fully saturated rings. The lowest BCUT2D eigenvalue weighted by Gasteiger charge is -2.11. The molecule has 0 aromatic heterocycles. The van der Waals surface area contributed by atoms with Crippen LogP contribution >= 0.6 is 24.0 Å². The van der Waals surface area contributed by atoms with E-state index >= 15 is 0 Å². The maximum absolute atomic E-state index is 5.78. The summed E-state index contributed by atoms with van der Waals surface area (Å²) >= 11 is 0. The molecule has 1 aromatic rings. The van der Waals surface area contributed by atoms with Crippen LogP contribution in [0.15, 0.2) is 35.3 Å². The number of aliphatic imine (C=N–C) groups is 1. The quantitative estimate of drug-likeness (QED) is 0.294. The molecule has 0 radical (unpaired) electrons. The second kappa shape index (κ2) is 11.2. The second-order valence-electron chi connectivity index (χ2n) is 4.85. The molecule has 0 unspecified atom stereocenters. The van der Waals surface area contributed by atoms with E-state index in [-0.39, 0.29) is 24.0 Å². The highest BCUT2D eigenvalue weighted by Gasteiger charge is 2.05. The molecule has 0 heterocycles. The molecule has 6 heteroatoms. The topological polar surface area (TPSA) is 68.9 Å². The van der Waals surface area contributed by atoms with Gasteiger partial charge >= 0.3 is 0 Å². The molecule has 0 aliphatic heterocycles. The van der Waals surface area contributed by atoms with Gasteiger partial charge in [0.25, 0.3) is 0 Å². The summed E-state index contributed by atoms with van der Waals surface area (Å²) in [6.07, 6.45) is 0.958. The van der Waals surface area contributed by atoms with Gasteiger partial charge in [0.15, 0.2) is 17.5 Å². The van der Waals surface area contributed by atoms with Crippen LogP contribution in [0.2, 0.25) is 0 Å². The third-order valence-corrected chi connectivity index (χ3v) is 2.69. The minimum Gasteiger partial charge on any atom is -0.493 e. The molecule has 124 valence electrons. The molecule has 0 atom stereocenters. The minimum atomic E-state index is 0. The normalized spacial score (nSPS) is 10.6. The van der Waals surface area contributed by atoms with Crippen molar-refractivity contribution in [2.24, 2.45) is 10.7 Å². The van der Waals surface area contributed by atoms with Gasteiger partial charge in [-0.1, -0.05) is 25.1 Å². The molecule has 3 N–H and O–H groups in total. The Kier molecular flexibility index (Phi) is 10.4. The van der Waals surface area contributed by atoms with E-state index in [2.05, 4.69) is 23.8 Å². The van der Waals surface area contributed by atoms with Crippen LogP contribution in [0.25, 0.3) is 0 Å². The monoisotopic (exact) mass is 419 g/mol. The number of nitrogens with two attached hydrogens (primary N) is 1. The van der Waals surface area contributed by atoms with E-state index in [4.69, 9.17) is 15.2 Å². The molecule has 1 aromatic carbocycles. The molecule has 5 nitrogen and oxygen atoms in total. The number of halogens is 1. The Morgan fingerprint density at radius 3 is 2.68 bits per heavy atom. The fourth-order valence-electron chi connectivity index (χ4n) is 1.62. The first-order chi connectivity index (χ1) is 10.1. The molecule has 22 heavy (non-hydrogen) atoms. The third-order valence-electron chi connectivity index (χ3n) is 2.69. The molecule has 0 spiro atoms. The van der Waals surface area contributed by atoms with Crippen molar-refractivity contribution in [1.29, 1.82) is 0 Å². The summed E-state index contributed by atoms with van der Waals surface area (Å²) in [7, 11) is 1.63. The van der Waals surface area contributed by atoms with E-state index in [1.807, 2.05) is 25.1 Å². The Bertz CT molecular complexity index is 504. The highest BCUT2D eigenvalue weighted by Crippen LogP contribution is 2.28. The van der Waals surface area contributed by atoms with Crippen LogP contribution in [0, 0.1) is 0 Å². The number of nitrogens with one attached hydrogen (secondary N) is 1. The van der Waals surface area contributed by atoms with Gasteiger partial charge in [0, 0.05) is 6.54 Å². The van der Waals surface area contributed by atoms with Crippen LogP contribution in [0.4, 0.5) is 0 Å². The van der Waals surface area contributed by atoms with Gasteiger partial charge in [0.1, 0.15) is 0 Å². The first-order valence-corrected chi connectivity index (χ1v) is 7.04. The molecule has 0 saturated carbocycles. The van der Waals surface area contributed by atoms with Crippen molar-refractivity contribution in [3.05, 3.63) is 35.9 Å². The first kappa shape index (κ1) is 20.6. The van der Waals surface area contributed by atoms with E-state index in [0.29, 0.717) is 31.4 Å². The Labute approximate surface area is 150 Å². The lowest BCUT2D eigenvalue weighted by molar-refractivity contribution is 0.294. The zero-order valence-electron chi connectivity index (χ0n) is 13.5. The van der Waals surface area contributed by atoms with Gasteiger partial charge in [-0.2, -0.15) is 0 Å². The lowest BCUT2D eigenvalue weighted by Crippen LogP contribution is -2.32. The Morgan fingerprint density at radius 2 is 2.09 bits per heavy atom. The number of rotatable bonds is 8. The number of hydrogen-bond donors (Lipinski definition) is 2. The van der Waals surface area contributed by atoms with E-state index in [1.54, 1.807) is 7.11 Å². The van der Waals surface area contributed by atoms with Crippen molar-refractivity contribution in [1.82, 2.24) is 5.32 Å². The van der Waals surface area contributed by atoms with E-state index in [0.717, 1.165) is 23.3 Å². The summed E-state index contributed by atoms with van der Waals surface area (Å²) in [5, 5.41) is 2.99. The Balaban J connectivity index is 0.00000441. The van der Waals surface area contributed by atoms with Gasteiger partial charge in [-0.25, -0.2) is 4.99 Å². The average Bonchev–Trinajstić information content (AvgIpc) is 2.49. The van der Waals surface area contributed by atoms with Crippen molar-refractivity contribution in [3.63, 3.8) is 0 Å². The molecule has 0 bridgehead atoms. The van der Waals surface area contributed by atoms with Crippen molar-refractivity contribution in [2.75, 3.05) is 20.3 Å². The summed E-state index contributed by atoms with van der Waals surface area (Å²) in [6.45, 7) is 9.58. The Hall–Kier alpha value is -1.44. The van der Waals surface area contributed by atoms with Gasteiger partial charge in [-0.3, -0.25) is 0 Å². The van der Waals surface area contributed by atoms with Crippen LogP contribution in [0.5, 0.6) is 11.5 Å². The number of guanidine groups is 1. The van der Waals surface area contributed by atoms with Crippen LogP contribution in [0.1, 0.15) is 25.8 Å². The summed E-state index contributed by atoms with van der Waals surface area (Å²) in [5.74, 6) is 1.87. The largest absolute Gasteiger partial charge is 0.493 e. The van der Waals surface area contributed by atoms with Crippen LogP contribution < -0.4 is 20.5 Å². The molecule has 0 amide bonds. The van der Waals surface area contributed by atoms with Crippen molar-refractivity contribution < 1.29 is 9.47 Å². The zero-order chi connectivity index (χ0) is 15.7. The maximum atomic E-state index is 5.78. The van der Waals surface area contributed by atoms with Gasteiger partial charge in [-0.05, 0) is 31.0 Å². The Morgan fingerprint density at radius 1 is 1.36 bits per heavy atom. The second-order valence-corrected chi connectivity index (χ2v) is 4.85. The summed E-state index contributed by atoms with van der Waals surface area (Å²) in [6, 6.07) is 5.78. The van der Waals surface area contributed by atoms with Gasteiger partial charge in [0.2, 0.25) is 0 Å². The van der Waals surface area contributed by atoms with Gasteiger partial charge in [0.05, 0.1) is 20.3 Å². The fourth-order valence-corrected chi connectivity index (χ4v) is 1.62. The van der Waals surface area contributed by atoms with Crippen molar-refractivity contribution >= 4 is 29.9 Å². The number of ether oxygens (including phenoxy) is 2. The minimum absolute atomic E-state index is 0. The maximum Gasteiger partial charge on any atom is 0.189 e. The molecule has 1 rings (SSSR count). The predicted octanol–water partition coefficient (Wildman–Crippen LogP) is 3.08. The van der Waals surface area contributed by atoms with E-state index in [9.17, 15) is 0 Å². The number of methoxy groups -OCH3 is 1. The first-order valence-electron chi connectivity index (χ1n) is 7.04. The molecule has 0 aliphatic carbocycles. The summed E-state index contributed by atoms with van der Waals surface area (Å²) in [4.78, 5) is 4.28. The van der Waals surface area contributed by atoms with Crippen LogP contribution in [0.3, 0.4) is 0 Å². The average molecular weight is 419 g/mol. The smallest absolute Gasteiger partial charge is 0.189 e. The molecule has 0 saturated heterocycles. The van der Waals surface area contributed by atoms with E-state index < -0.39 is 0 Å². The van der Waals surface area contributed by atoms with Gasteiger partial charge < -0.3 is 20.5 Å². The lowest BCUT2D eigenvalue weighted by atomic mass is 10.2. The van der Waals surface area contributed by atoms with Crippen molar-refractivity contribution in [3.8, 4) is 11.5 Å². The fraction of sp³-hybridized carbons (Fsp3) is 0.438. The summed E-state index contributed by atoms with van der Waals surface area (Å²) in [5.41, 5.74) is 7.79. The number of nitrogens with zero attached hydrogens (tertiary/aromatic N) is 1. The molecular weight excluding hydrogens is 393 g/mol. The SMILES string of the molecule is C=C(C)CNC(N)=NCc1ccc(OCCC)c(OC)c1.I. The van der Waals surface area contributed by atoms with Crippen LogP contribution in [-0.2, 0) is 6.54 Å². The standard InChI is InChI=1S/C16H25N3O2.HI/c1-5-8-21-14-7-6-13(9-15(14)20-4)11-19-16(17)18-10-12(2)3;/h6-7,9H,2,5,8,10-11H2,1,3-4H3,(H3,17,18,19);1H. The van der Waals surface area contributed by atoms with Gasteiger partial charge in [-0.15, -0.1) is 24.0 Å². The third kappa shape index (κ3) is 7.53. The molecular formula is C16H26IN3O2. The zero-order valence-corrected chi connectivity index (χ0v) is 15.8. The van der Waals surface area contributed by atoms with Crippen molar-refractivity contribution in [2.45, 2.75) is 26.8 Å². The summed E-state index contributed by atoms with van der Waals surface area (Å²) < 4.78 is 11.0. The van der Waals surface area contributed by atoms with E-state index in [1.165, 1.54) is 0 Å². The highest BCUT2D eigenvalue weighted by molar-refractivity contribution is 14.0.